The summed E-state index contributed by atoms with van der Waals surface area (Å²) in [4.78, 5) is 12.2. The Bertz CT molecular complexity index is 693. The molecular formula is C14H14N4O3. The Morgan fingerprint density at radius 2 is 2.29 bits per heavy atom. The first-order valence-electron chi connectivity index (χ1n) is 6.87. The number of benzene rings is 1. The Morgan fingerprint density at radius 3 is 3.10 bits per heavy atom. The van der Waals surface area contributed by atoms with Crippen molar-refractivity contribution in [3.63, 3.8) is 0 Å². The van der Waals surface area contributed by atoms with E-state index in [2.05, 4.69) is 15.6 Å². The fourth-order valence-corrected chi connectivity index (χ4v) is 2.44. The molecule has 0 atom stereocenters. The van der Waals surface area contributed by atoms with Crippen molar-refractivity contribution in [3.8, 4) is 5.75 Å². The van der Waals surface area contributed by atoms with Gasteiger partial charge in [0.15, 0.2) is 5.69 Å². The van der Waals surface area contributed by atoms with E-state index in [1.165, 1.54) is 0 Å². The van der Waals surface area contributed by atoms with Crippen LogP contribution < -0.4 is 10.1 Å². The van der Waals surface area contributed by atoms with E-state index in [0.29, 0.717) is 25.5 Å². The van der Waals surface area contributed by atoms with E-state index in [1.54, 1.807) is 10.9 Å². The van der Waals surface area contributed by atoms with Crippen molar-refractivity contribution in [3.05, 3.63) is 35.7 Å². The molecule has 0 saturated carbocycles. The SMILES string of the molecule is O=C(Nc1cccc2c1OCC2)c1cn(C2COC2)nn1. The van der Waals surface area contributed by atoms with Crippen molar-refractivity contribution in [1.29, 1.82) is 0 Å². The number of para-hydroxylation sites is 1. The molecule has 2 aromatic rings. The molecule has 1 aromatic carbocycles. The molecule has 1 saturated heterocycles. The van der Waals surface area contributed by atoms with Gasteiger partial charge in [-0.2, -0.15) is 0 Å². The standard InChI is InChI=1S/C14H14N4O3/c19-14(12-6-18(17-16-12)10-7-20-8-10)15-11-3-1-2-9-4-5-21-13(9)11/h1-3,6,10H,4-5,7-8H2,(H,15,19). The van der Waals surface area contributed by atoms with E-state index in [-0.39, 0.29) is 17.6 Å². The molecule has 0 bridgehead atoms. The number of fused-ring (bicyclic) bond motifs is 1. The Balaban J connectivity index is 1.53. The van der Waals surface area contributed by atoms with Crippen molar-refractivity contribution in [2.24, 2.45) is 0 Å². The number of aromatic nitrogens is 3. The molecule has 1 N–H and O–H groups in total. The molecule has 1 aromatic heterocycles. The maximum absolute atomic E-state index is 12.2. The zero-order valence-electron chi connectivity index (χ0n) is 11.3. The second kappa shape index (κ2) is 4.85. The van der Waals surface area contributed by atoms with E-state index < -0.39 is 0 Å². The van der Waals surface area contributed by atoms with E-state index in [1.807, 2.05) is 18.2 Å². The molecule has 108 valence electrons. The van der Waals surface area contributed by atoms with Gasteiger partial charge in [0.05, 0.1) is 31.7 Å². The number of anilines is 1. The highest BCUT2D eigenvalue weighted by atomic mass is 16.5. The smallest absolute Gasteiger partial charge is 0.277 e. The lowest BCUT2D eigenvalue weighted by Crippen LogP contribution is -2.31. The van der Waals surface area contributed by atoms with Crippen LogP contribution in [0.4, 0.5) is 5.69 Å². The number of hydrogen-bond acceptors (Lipinski definition) is 5. The number of carbonyl (C=O) groups is 1. The number of nitrogens with one attached hydrogen (secondary N) is 1. The van der Waals surface area contributed by atoms with Gasteiger partial charge in [0.25, 0.3) is 5.91 Å². The predicted octanol–water partition coefficient (Wildman–Crippen LogP) is 1.04. The molecule has 1 amide bonds. The van der Waals surface area contributed by atoms with E-state index >= 15 is 0 Å². The molecule has 0 aliphatic carbocycles. The van der Waals surface area contributed by atoms with Gasteiger partial charge in [-0.05, 0) is 11.6 Å². The second-order valence-electron chi connectivity index (χ2n) is 5.12. The molecule has 0 radical (unpaired) electrons. The van der Waals surface area contributed by atoms with Gasteiger partial charge in [-0.3, -0.25) is 4.79 Å². The Hall–Kier alpha value is -2.41. The van der Waals surface area contributed by atoms with Crippen LogP contribution in [0.15, 0.2) is 24.4 Å². The van der Waals surface area contributed by atoms with Crippen LogP contribution in [-0.4, -0.2) is 40.7 Å². The molecule has 2 aliphatic rings. The first-order valence-corrected chi connectivity index (χ1v) is 6.87. The quantitative estimate of drug-likeness (QED) is 0.912. The molecule has 1 fully saturated rings. The number of nitrogens with zero attached hydrogens (tertiary/aromatic N) is 3. The Labute approximate surface area is 120 Å². The van der Waals surface area contributed by atoms with Crippen LogP contribution in [0.2, 0.25) is 0 Å². The molecule has 0 unspecified atom stereocenters. The summed E-state index contributed by atoms with van der Waals surface area (Å²) >= 11 is 0. The van der Waals surface area contributed by atoms with Gasteiger partial charge < -0.3 is 14.8 Å². The van der Waals surface area contributed by atoms with Gasteiger partial charge in [-0.15, -0.1) is 5.10 Å². The summed E-state index contributed by atoms with van der Waals surface area (Å²) in [5.41, 5.74) is 2.08. The normalized spacial score (nSPS) is 17.0. The molecular weight excluding hydrogens is 272 g/mol. The Kier molecular flexibility index (Phi) is 2.85. The lowest BCUT2D eigenvalue weighted by Gasteiger charge is -2.25. The number of carbonyl (C=O) groups excluding carboxylic acids is 1. The van der Waals surface area contributed by atoms with Crippen LogP contribution in [0.1, 0.15) is 22.1 Å². The Morgan fingerprint density at radius 1 is 1.38 bits per heavy atom. The summed E-state index contributed by atoms with van der Waals surface area (Å²) in [6.45, 7) is 1.88. The van der Waals surface area contributed by atoms with Gasteiger partial charge >= 0.3 is 0 Å². The zero-order chi connectivity index (χ0) is 14.2. The third-order valence-electron chi connectivity index (χ3n) is 3.70. The van der Waals surface area contributed by atoms with E-state index in [4.69, 9.17) is 9.47 Å². The van der Waals surface area contributed by atoms with Gasteiger partial charge in [0.1, 0.15) is 11.8 Å². The van der Waals surface area contributed by atoms with Crippen molar-refractivity contribution in [2.75, 3.05) is 25.1 Å². The lowest BCUT2D eigenvalue weighted by atomic mass is 10.1. The summed E-state index contributed by atoms with van der Waals surface area (Å²) in [5, 5.41) is 10.7. The van der Waals surface area contributed by atoms with Gasteiger partial charge in [0.2, 0.25) is 0 Å². The monoisotopic (exact) mass is 286 g/mol. The average Bonchev–Trinajstić information content (AvgIpc) is 3.05. The van der Waals surface area contributed by atoms with Crippen LogP contribution in [0, 0.1) is 0 Å². The average molecular weight is 286 g/mol. The summed E-state index contributed by atoms with van der Waals surface area (Å²) in [6, 6.07) is 5.92. The molecule has 2 aliphatic heterocycles. The largest absolute Gasteiger partial charge is 0.491 e. The highest BCUT2D eigenvalue weighted by Crippen LogP contribution is 2.33. The maximum atomic E-state index is 12.2. The van der Waals surface area contributed by atoms with Crippen LogP contribution in [-0.2, 0) is 11.2 Å². The highest BCUT2D eigenvalue weighted by molar-refractivity contribution is 6.03. The molecule has 3 heterocycles. The van der Waals surface area contributed by atoms with Crippen LogP contribution in [0.3, 0.4) is 0 Å². The summed E-state index contributed by atoms with van der Waals surface area (Å²) in [6.07, 6.45) is 2.52. The van der Waals surface area contributed by atoms with Crippen LogP contribution in [0.25, 0.3) is 0 Å². The third-order valence-corrected chi connectivity index (χ3v) is 3.70. The topological polar surface area (TPSA) is 78.3 Å². The van der Waals surface area contributed by atoms with Gasteiger partial charge in [-0.25, -0.2) is 4.68 Å². The number of hydrogen-bond donors (Lipinski definition) is 1. The summed E-state index contributed by atoms with van der Waals surface area (Å²) < 4.78 is 12.3. The predicted molar refractivity (Wildman–Crippen MR) is 73.5 cm³/mol. The summed E-state index contributed by atoms with van der Waals surface area (Å²) in [5.74, 6) is 0.469. The maximum Gasteiger partial charge on any atom is 0.277 e. The second-order valence-corrected chi connectivity index (χ2v) is 5.12. The van der Waals surface area contributed by atoms with Crippen LogP contribution in [0.5, 0.6) is 5.75 Å². The minimum Gasteiger partial charge on any atom is -0.491 e. The van der Waals surface area contributed by atoms with E-state index in [0.717, 1.165) is 17.7 Å². The van der Waals surface area contributed by atoms with E-state index in [9.17, 15) is 4.79 Å². The third kappa shape index (κ3) is 2.15. The summed E-state index contributed by atoms with van der Waals surface area (Å²) in [7, 11) is 0. The number of rotatable bonds is 3. The fraction of sp³-hybridized carbons (Fsp3) is 0.357. The number of ether oxygens (including phenoxy) is 2. The number of amides is 1. The van der Waals surface area contributed by atoms with Crippen molar-refractivity contribution >= 4 is 11.6 Å². The molecule has 7 heteroatoms. The van der Waals surface area contributed by atoms with Gasteiger partial charge in [0, 0.05) is 6.42 Å². The lowest BCUT2D eigenvalue weighted by molar-refractivity contribution is -0.0293. The van der Waals surface area contributed by atoms with Crippen LogP contribution >= 0.6 is 0 Å². The first-order chi connectivity index (χ1) is 10.3. The van der Waals surface area contributed by atoms with Crippen molar-refractivity contribution in [1.82, 2.24) is 15.0 Å². The fourth-order valence-electron chi connectivity index (χ4n) is 2.44. The minimum absolute atomic E-state index is 0.184. The molecule has 0 spiro atoms. The van der Waals surface area contributed by atoms with Crippen molar-refractivity contribution in [2.45, 2.75) is 12.5 Å². The zero-order valence-corrected chi connectivity index (χ0v) is 11.3. The molecule has 4 rings (SSSR count). The molecule has 21 heavy (non-hydrogen) atoms. The van der Waals surface area contributed by atoms with Gasteiger partial charge in [-0.1, -0.05) is 17.3 Å². The first kappa shape index (κ1) is 12.3. The molecule has 7 nitrogen and oxygen atoms in total. The minimum atomic E-state index is -0.287. The highest BCUT2D eigenvalue weighted by Gasteiger charge is 2.24. The van der Waals surface area contributed by atoms with Crippen molar-refractivity contribution < 1.29 is 14.3 Å².